The molecular weight excluding hydrogens is 394 g/mol. The molecule has 0 aromatic heterocycles. The zero-order chi connectivity index (χ0) is 21.3. The molecule has 0 saturated heterocycles. The molecule has 2 aromatic carbocycles. The van der Waals surface area contributed by atoms with Crippen molar-refractivity contribution >= 4 is 34.7 Å². The van der Waals surface area contributed by atoms with Gasteiger partial charge >= 0.3 is 11.7 Å². The van der Waals surface area contributed by atoms with Gasteiger partial charge in [-0.3, -0.25) is 15.0 Å². The van der Waals surface area contributed by atoms with Gasteiger partial charge in [0.15, 0.2) is 10.9 Å². The highest BCUT2D eigenvalue weighted by Gasteiger charge is 2.36. The Morgan fingerprint density at radius 2 is 2.00 bits per heavy atom. The van der Waals surface area contributed by atoms with Crippen molar-refractivity contribution in [2.45, 2.75) is 19.9 Å². The van der Waals surface area contributed by atoms with E-state index >= 15 is 0 Å². The zero-order valence-electron chi connectivity index (χ0n) is 16.0. The molecule has 2 N–H and O–H groups in total. The van der Waals surface area contributed by atoms with E-state index < -0.39 is 28.4 Å². The average molecular weight is 413 g/mol. The van der Waals surface area contributed by atoms with Gasteiger partial charge in [-0.05, 0) is 55.4 Å². The highest BCUT2D eigenvalue weighted by molar-refractivity contribution is 7.80. The maximum atomic E-state index is 12.6. The van der Waals surface area contributed by atoms with E-state index in [9.17, 15) is 20.0 Å². The number of aromatic hydroxyl groups is 1. The van der Waals surface area contributed by atoms with Crippen molar-refractivity contribution in [3.8, 4) is 5.75 Å². The van der Waals surface area contributed by atoms with E-state index in [4.69, 9.17) is 17.0 Å². The summed E-state index contributed by atoms with van der Waals surface area (Å²) in [7, 11) is 1.27. The Hall–Kier alpha value is -3.46. The second kappa shape index (κ2) is 7.88. The number of allylic oxidation sites excluding steroid dienone is 1. The van der Waals surface area contributed by atoms with Crippen LogP contribution in [0.25, 0.3) is 0 Å². The standard InChI is InChI=1S/C20H19N3O5S/c1-11-5-4-6-14(9-11)22-12(2)17(19(25)28-3)18(21-20(22)29)13-7-8-16(24)15(10-13)23(26)27/h4-10,18,24H,1-3H3,(H,21,29)/t18-/m0/s1. The number of nitrogens with one attached hydrogen (secondary N) is 1. The van der Waals surface area contributed by atoms with Crippen molar-refractivity contribution in [1.29, 1.82) is 0 Å². The Bertz CT molecular complexity index is 1050. The topological polar surface area (TPSA) is 105 Å². The number of ether oxygens (including phenoxy) is 1. The molecule has 1 atom stereocenters. The van der Waals surface area contributed by atoms with Gasteiger partial charge in [0, 0.05) is 17.5 Å². The Labute approximate surface area is 172 Å². The Morgan fingerprint density at radius 1 is 1.28 bits per heavy atom. The predicted molar refractivity (Wildman–Crippen MR) is 112 cm³/mol. The van der Waals surface area contributed by atoms with Crippen LogP contribution in [-0.2, 0) is 9.53 Å². The minimum Gasteiger partial charge on any atom is -0.502 e. The molecule has 0 unspecified atom stereocenters. The first-order valence-corrected chi connectivity index (χ1v) is 9.09. The highest BCUT2D eigenvalue weighted by atomic mass is 32.1. The molecule has 0 spiro atoms. The van der Waals surface area contributed by atoms with Crippen LogP contribution in [0.2, 0.25) is 0 Å². The summed E-state index contributed by atoms with van der Waals surface area (Å²) in [5.41, 5.74) is 2.55. The van der Waals surface area contributed by atoms with E-state index in [1.807, 2.05) is 31.2 Å². The van der Waals surface area contributed by atoms with Crippen LogP contribution in [0.3, 0.4) is 0 Å². The van der Waals surface area contributed by atoms with Gasteiger partial charge in [-0.1, -0.05) is 18.2 Å². The Balaban J connectivity index is 2.17. The van der Waals surface area contributed by atoms with Crippen molar-refractivity contribution in [3.63, 3.8) is 0 Å². The minimum atomic E-state index is -0.768. The van der Waals surface area contributed by atoms with Gasteiger partial charge in [0.25, 0.3) is 0 Å². The SMILES string of the molecule is COC(=O)C1=C(C)N(c2cccc(C)c2)C(=S)N[C@H]1c1ccc(O)c([N+](=O)[O-])c1. The fourth-order valence-corrected chi connectivity index (χ4v) is 3.67. The molecule has 150 valence electrons. The highest BCUT2D eigenvalue weighted by Crippen LogP contribution is 2.37. The molecule has 1 aliphatic heterocycles. The minimum absolute atomic E-state index is 0.266. The number of carbonyl (C=O) groups excluding carboxylic acids is 1. The van der Waals surface area contributed by atoms with Gasteiger partial charge in [-0.15, -0.1) is 0 Å². The molecule has 0 fully saturated rings. The van der Waals surface area contributed by atoms with Gasteiger partial charge < -0.3 is 15.2 Å². The third kappa shape index (κ3) is 3.77. The quantitative estimate of drug-likeness (QED) is 0.340. The molecule has 29 heavy (non-hydrogen) atoms. The van der Waals surface area contributed by atoms with Gasteiger partial charge in [0.2, 0.25) is 0 Å². The number of anilines is 1. The summed E-state index contributed by atoms with van der Waals surface area (Å²) in [4.78, 5) is 24.9. The fourth-order valence-electron chi connectivity index (χ4n) is 3.31. The maximum absolute atomic E-state index is 12.6. The van der Waals surface area contributed by atoms with Gasteiger partial charge in [0.1, 0.15) is 0 Å². The number of nitro benzene ring substituents is 1. The first kappa shape index (κ1) is 20.3. The van der Waals surface area contributed by atoms with Crippen LogP contribution < -0.4 is 10.2 Å². The van der Waals surface area contributed by atoms with Crippen LogP contribution in [0.15, 0.2) is 53.7 Å². The van der Waals surface area contributed by atoms with Crippen LogP contribution in [0.1, 0.15) is 24.1 Å². The molecule has 0 saturated carbocycles. The smallest absolute Gasteiger partial charge is 0.337 e. The lowest BCUT2D eigenvalue weighted by atomic mass is 9.94. The molecule has 0 aliphatic carbocycles. The monoisotopic (exact) mass is 413 g/mol. The summed E-state index contributed by atoms with van der Waals surface area (Å²) in [6, 6.07) is 10.8. The molecule has 1 heterocycles. The molecule has 9 heteroatoms. The third-order valence-corrected chi connectivity index (χ3v) is 4.98. The summed E-state index contributed by atoms with van der Waals surface area (Å²) in [6.07, 6.45) is 0. The molecular formula is C20H19N3O5S. The summed E-state index contributed by atoms with van der Waals surface area (Å²) < 4.78 is 4.97. The number of phenolic OH excluding ortho intramolecular Hbond substituents is 1. The number of nitro groups is 1. The van der Waals surface area contributed by atoms with E-state index in [0.717, 1.165) is 11.3 Å². The third-order valence-electron chi connectivity index (χ3n) is 4.68. The molecule has 8 nitrogen and oxygen atoms in total. The predicted octanol–water partition coefficient (Wildman–Crippen LogP) is 3.49. The van der Waals surface area contributed by atoms with Crippen LogP contribution >= 0.6 is 12.2 Å². The Kier molecular flexibility index (Phi) is 5.51. The number of carbonyl (C=O) groups is 1. The normalized spacial score (nSPS) is 16.4. The molecule has 3 rings (SSSR count). The summed E-state index contributed by atoms with van der Waals surface area (Å²) >= 11 is 5.54. The number of phenols is 1. The molecule has 0 bridgehead atoms. The second-order valence-electron chi connectivity index (χ2n) is 6.55. The lowest BCUT2D eigenvalue weighted by Crippen LogP contribution is -2.48. The number of aryl methyl sites for hydroxylation is 1. The van der Waals surface area contributed by atoms with Gasteiger partial charge in [-0.25, -0.2) is 4.79 Å². The van der Waals surface area contributed by atoms with Gasteiger partial charge in [0.05, 0.1) is 23.6 Å². The maximum Gasteiger partial charge on any atom is 0.337 e. The molecule has 0 amide bonds. The first-order chi connectivity index (χ1) is 13.7. The first-order valence-electron chi connectivity index (χ1n) is 8.68. The van der Waals surface area contributed by atoms with Crippen molar-refractivity contribution in [1.82, 2.24) is 5.32 Å². The average Bonchev–Trinajstić information content (AvgIpc) is 2.67. The van der Waals surface area contributed by atoms with E-state index in [-0.39, 0.29) is 5.57 Å². The van der Waals surface area contributed by atoms with Gasteiger partial charge in [-0.2, -0.15) is 0 Å². The summed E-state index contributed by atoms with van der Waals surface area (Å²) in [5, 5.41) is 24.4. The second-order valence-corrected chi connectivity index (χ2v) is 6.94. The van der Waals surface area contributed by atoms with Crippen LogP contribution in [0.5, 0.6) is 5.75 Å². The van der Waals surface area contributed by atoms with Crippen molar-refractivity contribution in [2.75, 3.05) is 12.0 Å². The largest absolute Gasteiger partial charge is 0.502 e. The van der Waals surface area contributed by atoms with Crippen molar-refractivity contribution < 1.29 is 19.6 Å². The van der Waals surface area contributed by atoms with Crippen molar-refractivity contribution in [2.24, 2.45) is 0 Å². The van der Waals surface area contributed by atoms with Crippen LogP contribution in [-0.4, -0.2) is 28.2 Å². The zero-order valence-corrected chi connectivity index (χ0v) is 16.8. The van der Waals surface area contributed by atoms with E-state index in [1.165, 1.54) is 25.3 Å². The number of nitrogens with zero attached hydrogens (tertiary/aromatic N) is 2. The van der Waals surface area contributed by atoms with E-state index in [1.54, 1.807) is 11.8 Å². The van der Waals surface area contributed by atoms with E-state index in [2.05, 4.69) is 5.32 Å². The lowest BCUT2D eigenvalue weighted by Gasteiger charge is -2.37. The van der Waals surface area contributed by atoms with Crippen molar-refractivity contribution in [3.05, 3.63) is 75.0 Å². The number of benzene rings is 2. The number of esters is 1. The van der Waals surface area contributed by atoms with E-state index in [0.29, 0.717) is 16.4 Å². The summed E-state index contributed by atoms with van der Waals surface area (Å²) in [5.74, 6) is -1.05. The van der Waals surface area contributed by atoms with Crippen LogP contribution in [0, 0.1) is 17.0 Å². The fraction of sp³-hybridized carbons (Fsp3) is 0.200. The lowest BCUT2D eigenvalue weighted by molar-refractivity contribution is -0.385. The number of hydrogen-bond donors (Lipinski definition) is 2. The van der Waals surface area contributed by atoms with Crippen LogP contribution in [0.4, 0.5) is 11.4 Å². The molecule has 2 aromatic rings. The summed E-state index contributed by atoms with van der Waals surface area (Å²) in [6.45, 7) is 3.69. The number of rotatable bonds is 4. The molecule has 0 radical (unpaired) electrons. The number of hydrogen-bond acceptors (Lipinski definition) is 6. The Morgan fingerprint density at radius 3 is 2.62 bits per heavy atom. The number of thiocarbonyl (C=S) groups is 1. The number of methoxy groups -OCH3 is 1. The molecule has 1 aliphatic rings.